The van der Waals surface area contributed by atoms with Crippen LogP contribution in [0, 0.1) is 0 Å². The Kier molecular flexibility index (Phi) is 3.34. The third-order valence-corrected chi connectivity index (χ3v) is 2.48. The molecule has 0 spiro atoms. The van der Waals surface area contributed by atoms with Gasteiger partial charge in [0.15, 0.2) is 5.84 Å². The number of hydrogen-bond donors (Lipinski definition) is 2. The fraction of sp³-hybridized carbons (Fsp3) is 0.875. The summed E-state index contributed by atoms with van der Waals surface area (Å²) in [5.41, 5.74) is 5.51. The zero-order chi connectivity index (χ0) is 8.97. The Morgan fingerprint density at radius 1 is 1.42 bits per heavy atom. The van der Waals surface area contributed by atoms with Gasteiger partial charge in [0.1, 0.15) is 0 Å². The van der Waals surface area contributed by atoms with Crippen molar-refractivity contribution < 1.29 is 5.21 Å². The first-order valence-corrected chi connectivity index (χ1v) is 4.47. The second-order valence-electron chi connectivity index (χ2n) is 3.30. The van der Waals surface area contributed by atoms with Crippen LogP contribution in [0.2, 0.25) is 0 Å². The van der Waals surface area contributed by atoms with Gasteiger partial charge in [-0.3, -0.25) is 4.90 Å². The molecule has 0 amide bonds. The number of rotatable bonds is 2. The van der Waals surface area contributed by atoms with Gasteiger partial charge in [0.2, 0.25) is 0 Å². The standard InChI is InChI=1S/C8H17N3O/c1-7(8(9)10-12)11-5-3-2-4-6-11/h7,12H,2-6H2,1H3,(H2,9,10). The summed E-state index contributed by atoms with van der Waals surface area (Å²) < 4.78 is 0. The molecule has 1 heterocycles. The van der Waals surface area contributed by atoms with E-state index in [0.29, 0.717) is 5.84 Å². The average Bonchev–Trinajstić information content (AvgIpc) is 2.17. The van der Waals surface area contributed by atoms with Crippen LogP contribution >= 0.6 is 0 Å². The molecule has 12 heavy (non-hydrogen) atoms. The van der Waals surface area contributed by atoms with Crippen molar-refractivity contribution in [2.24, 2.45) is 10.9 Å². The fourth-order valence-electron chi connectivity index (χ4n) is 1.58. The van der Waals surface area contributed by atoms with E-state index in [2.05, 4.69) is 10.1 Å². The minimum Gasteiger partial charge on any atom is -0.409 e. The maximum Gasteiger partial charge on any atom is 0.156 e. The molecule has 3 N–H and O–H groups in total. The Bertz CT molecular complexity index is 164. The highest BCUT2D eigenvalue weighted by Gasteiger charge is 2.19. The first-order chi connectivity index (χ1) is 5.75. The average molecular weight is 171 g/mol. The van der Waals surface area contributed by atoms with Gasteiger partial charge in [-0.1, -0.05) is 11.6 Å². The van der Waals surface area contributed by atoms with E-state index in [1.54, 1.807) is 0 Å². The Morgan fingerprint density at radius 3 is 2.50 bits per heavy atom. The summed E-state index contributed by atoms with van der Waals surface area (Å²) in [5.74, 6) is 0.317. The molecule has 0 aromatic heterocycles. The Morgan fingerprint density at radius 2 is 2.00 bits per heavy atom. The molecule has 0 aliphatic carbocycles. The van der Waals surface area contributed by atoms with Crippen LogP contribution in [0.15, 0.2) is 5.16 Å². The summed E-state index contributed by atoms with van der Waals surface area (Å²) >= 11 is 0. The Hall–Kier alpha value is -0.770. The SMILES string of the molecule is CC(/C(N)=N\O)N1CCCCC1. The molecule has 0 radical (unpaired) electrons. The number of piperidine rings is 1. The van der Waals surface area contributed by atoms with Gasteiger partial charge in [0.25, 0.3) is 0 Å². The molecular weight excluding hydrogens is 154 g/mol. The maximum atomic E-state index is 8.47. The first kappa shape index (κ1) is 9.32. The van der Waals surface area contributed by atoms with Crippen LogP contribution in [0.25, 0.3) is 0 Å². The molecule has 4 nitrogen and oxygen atoms in total. The molecule has 1 unspecified atom stereocenters. The summed E-state index contributed by atoms with van der Waals surface area (Å²) in [6.45, 7) is 4.11. The molecule has 1 aliphatic heterocycles. The lowest BCUT2D eigenvalue weighted by Crippen LogP contribution is -2.45. The smallest absolute Gasteiger partial charge is 0.156 e. The zero-order valence-electron chi connectivity index (χ0n) is 7.53. The molecule has 1 atom stereocenters. The molecular formula is C8H17N3O. The highest BCUT2D eigenvalue weighted by Crippen LogP contribution is 2.11. The van der Waals surface area contributed by atoms with Gasteiger partial charge in [-0.2, -0.15) is 0 Å². The van der Waals surface area contributed by atoms with Crippen LogP contribution in [-0.4, -0.2) is 35.1 Å². The van der Waals surface area contributed by atoms with Crippen LogP contribution in [-0.2, 0) is 0 Å². The summed E-state index contributed by atoms with van der Waals surface area (Å²) in [4.78, 5) is 2.25. The third-order valence-electron chi connectivity index (χ3n) is 2.48. The highest BCUT2D eigenvalue weighted by atomic mass is 16.4. The van der Waals surface area contributed by atoms with E-state index in [4.69, 9.17) is 10.9 Å². The van der Waals surface area contributed by atoms with Gasteiger partial charge in [0, 0.05) is 0 Å². The number of oxime groups is 1. The minimum absolute atomic E-state index is 0.0790. The van der Waals surface area contributed by atoms with Crippen molar-refractivity contribution in [3.8, 4) is 0 Å². The first-order valence-electron chi connectivity index (χ1n) is 4.47. The molecule has 1 saturated heterocycles. The quantitative estimate of drug-likeness (QED) is 0.277. The Labute approximate surface area is 73.0 Å². The van der Waals surface area contributed by atoms with Crippen molar-refractivity contribution in [1.29, 1.82) is 0 Å². The molecule has 4 heteroatoms. The third kappa shape index (κ3) is 2.11. The van der Waals surface area contributed by atoms with Crippen LogP contribution in [0.1, 0.15) is 26.2 Å². The number of hydrogen-bond acceptors (Lipinski definition) is 3. The lowest BCUT2D eigenvalue weighted by Gasteiger charge is -2.31. The van der Waals surface area contributed by atoms with Crippen LogP contribution in [0.4, 0.5) is 0 Å². The van der Waals surface area contributed by atoms with E-state index in [1.807, 2.05) is 6.92 Å². The number of likely N-dealkylation sites (tertiary alicyclic amines) is 1. The molecule has 1 aliphatic rings. The maximum absolute atomic E-state index is 8.47. The molecule has 0 bridgehead atoms. The van der Waals surface area contributed by atoms with Gasteiger partial charge in [-0.15, -0.1) is 0 Å². The van der Waals surface area contributed by atoms with Crippen molar-refractivity contribution in [2.75, 3.05) is 13.1 Å². The second-order valence-corrected chi connectivity index (χ2v) is 3.30. The predicted molar refractivity (Wildman–Crippen MR) is 48.3 cm³/mol. The molecule has 70 valence electrons. The minimum atomic E-state index is 0.0790. The fourth-order valence-corrected chi connectivity index (χ4v) is 1.58. The van der Waals surface area contributed by atoms with Crippen LogP contribution < -0.4 is 5.73 Å². The zero-order valence-corrected chi connectivity index (χ0v) is 7.53. The molecule has 0 aromatic carbocycles. The molecule has 0 aromatic rings. The molecule has 1 fully saturated rings. The van der Waals surface area contributed by atoms with Crippen molar-refractivity contribution in [1.82, 2.24) is 4.90 Å². The largest absolute Gasteiger partial charge is 0.409 e. The van der Waals surface area contributed by atoms with E-state index in [-0.39, 0.29) is 6.04 Å². The topological polar surface area (TPSA) is 61.9 Å². The van der Waals surface area contributed by atoms with Crippen molar-refractivity contribution >= 4 is 5.84 Å². The van der Waals surface area contributed by atoms with Gasteiger partial charge in [0.05, 0.1) is 6.04 Å². The van der Waals surface area contributed by atoms with Crippen molar-refractivity contribution in [3.05, 3.63) is 0 Å². The van der Waals surface area contributed by atoms with E-state index in [9.17, 15) is 0 Å². The summed E-state index contributed by atoms with van der Waals surface area (Å²) in [7, 11) is 0. The lowest BCUT2D eigenvalue weighted by molar-refractivity contribution is 0.205. The van der Waals surface area contributed by atoms with Crippen LogP contribution in [0.5, 0.6) is 0 Å². The normalized spacial score (nSPS) is 23.9. The van der Waals surface area contributed by atoms with Crippen molar-refractivity contribution in [3.63, 3.8) is 0 Å². The van der Waals surface area contributed by atoms with Gasteiger partial charge in [-0.05, 0) is 32.9 Å². The second kappa shape index (κ2) is 4.30. The predicted octanol–water partition coefficient (Wildman–Crippen LogP) is 0.607. The van der Waals surface area contributed by atoms with Crippen molar-refractivity contribution in [2.45, 2.75) is 32.2 Å². The van der Waals surface area contributed by atoms with E-state index >= 15 is 0 Å². The number of nitrogens with zero attached hydrogens (tertiary/aromatic N) is 2. The number of amidine groups is 1. The van der Waals surface area contributed by atoms with Crippen LogP contribution in [0.3, 0.4) is 0 Å². The van der Waals surface area contributed by atoms with Gasteiger partial charge >= 0.3 is 0 Å². The van der Waals surface area contributed by atoms with E-state index in [0.717, 1.165) is 13.1 Å². The molecule has 1 rings (SSSR count). The monoisotopic (exact) mass is 171 g/mol. The summed E-state index contributed by atoms with van der Waals surface area (Å²) in [5, 5.41) is 11.5. The summed E-state index contributed by atoms with van der Waals surface area (Å²) in [6.07, 6.45) is 3.76. The van der Waals surface area contributed by atoms with Gasteiger partial charge < -0.3 is 10.9 Å². The molecule has 0 saturated carbocycles. The van der Waals surface area contributed by atoms with Gasteiger partial charge in [-0.25, -0.2) is 0 Å². The van der Waals surface area contributed by atoms with E-state index < -0.39 is 0 Å². The summed E-state index contributed by atoms with van der Waals surface area (Å²) in [6, 6.07) is 0.0790. The number of nitrogens with two attached hydrogens (primary N) is 1. The van der Waals surface area contributed by atoms with E-state index in [1.165, 1.54) is 19.3 Å². The Balaban J connectivity index is 2.44. The highest BCUT2D eigenvalue weighted by molar-refractivity contribution is 5.84. The lowest BCUT2D eigenvalue weighted by atomic mass is 10.1.